The number of pyridine rings is 1. The van der Waals surface area contributed by atoms with Gasteiger partial charge >= 0.3 is 12.3 Å². The zero-order chi connectivity index (χ0) is 45.5. The van der Waals surface area contributed by atoms with E-state index in [2.05, 4.69) is 40.7 Å². The summed E-state index contributed by atoms with van der Waals surface area (Å²) in [5.41, 5.74) is 1.90. The molecule has 14 nitrogen and oxygen atoms in total. The minimum atomic E-state index is -4.60. The number of nitrogens with two attached hydrogens (primary N) is 1. The molecule has 2 aromatic rings. The van der Waals surface area contributed by atoms with Gasteiger partial charge in [-0.2, -0.15) is 13.2 Å². The van der Waals surface area contributed by atoms with E-state index in [0.717, 1.165) is 56.6 Å². The molecule has 60 heavy (non-hydrogen) atoms. The van der Waals surface area contributed by atoms with E-state index in [9.17, 15) is 45.2 Å². The molecule has 0 spiro atoms. The Morgan fingerprint density at radius 3 is 2.30 bits per heavy atom. The average Bonchev–Trinajstić information content (AvgIpc) is 3.86. The second-order valence-corrected chi connectivity index (χ2v) is 17.4. The molecule has 19 heteroatoms. The van der Waals surface area contributed by atoms with Crippen LogP contribution in [0.4, 0.5) is 22.4 Å². The van der Waals surface area contributed by atoms with Crippen LogP contribution in [0.2, 0.25) is 0 Å². The molecule has 5 rings (SSSR count). The van der Waals surface area contributed by atoms with Crippen molar-refractivity contribution < 1.29 is 63.6 Å². The van der Waals surface area contributed by atoms with Crippen molar-refractivity contribution in [3.05, 3.63) is 42.6 Å². The van der Waals surface area contributed by atoms with Gasteiger partial charge < -0.3 is 30.2 Å². The number of primary amides is 1. The molecule has 0 unspecified atom stereocenters. The first-order chi connectivity index (χ1) is 28.0. The number of alkyl halides is 4. The summed E-state index contributed by atoms with van der Waals surface area (Å²) < 4.78 is 86.4. The molecule has 4 amide bonds. The second kappa shape index (κ2) is 22.8. The van der Waals surface area contributed by atoms with Crippen molar-refractivity contribution in [2.45, 2.75) is 129 Å². The number of allylic oxidation sites excluding steroid dienone is 1. The quantitative estimate of drug-likeness (QED) is 0.175. The molecule has 0 bridgehead atoms. The summed E-state index contributed by atoms with van der Waals surface area (Å²) in [7, 11) is -3.77. The van der Waals surface area contributed by atoms with Gasteiger partial charge in [0.2, 0.25) is 39.2 Å². The van der Waals surface area contributed by atoms with E-state index in [4.69, 9.17) is 9.47 Å². The molecule has 1 saturated carbocycles. The third-order valence-electron chi connectivity index (χ3n) is 9.83. The van der Waals surface area contributed by atoms with E-state index in [1.54, 1.807) is 15.8 Å². The Balaban J connectivity index is 0. The lowest BCUT2D eigenvalue weighted by Gasteiger charge is -2.26. The smallest absolute Gasteiger partial charge is 0.427 e. The molecule has 1 aromatic heterocycles. The van der Waals surface area contributed by atoms with Gasteiger partial charge in [-0.15, -0.1) is 0 Å². The van der Waals surface area contributed by atoms with Crippen molar-refractivity contribution in [2.75, 3.05) is 26.4 Å². The van der Waals surface area contributed by atoms with Gasteiger partial charge in [0.25, 0.3) is 0 Å². The number of rotatable bonds is 8. The highest BCUT2D eigenvalue weighted by Crippen LogP contribution is 2.43. The lowest BCUT2D eigenvalue weighted by atomic mass is 9.91. The van der Waals surface area contributed by atoms with E-state index < -0.39 is 51.3 Å². The fraction of sp³-hybridized carbons (Fsp3) is 0.634. The number of hydrogen-bond donors (Lipinski definition) is 3. The Morgan fingerprint density at radius 2 is 1.75 bits per heavy atom. The van der Waals surface area contributed by atoms with Gasteiger partial charge in [-0.1, -0.05) is 39.8 Å². The average molecular weight is 882 g/mol. The summed E-state index contributed by atoms with van der Waals surface area (Å²) in [5.74, 6) is 1.37. The molecule has 3 aliphatic rings. The fourth-order valence-electron chi connectivity index (χ4n) is 6.43. The number of sulfonamides is 1. The number of amides is 4. The summed E-state index contributed by atoms with van der Waals surface area (Å²) in [6.45, 7) is 13.4. The third kappa shape index (κ3) is 15.1. The highest BCUT2D eigenvalue weighted by atomic mass is 32.2. The Bertz CT molecular complexity index is 1910. The van der Waals surface area contributed by atoms with E-state index >= 15 is 0 Å². The molecule has 2 aliphatic heterocycles. The second-order valence-electron chi connectivity index (χ2n) is 15.3. The molecule has 0 radical (unpaired) electrons. The molecule has 344 valence electrons. The molecule has 4 atom stereocenters. The number of ether oxygens (including phenoxy) is 3. The number of nitrogens with zero attached hydrogens (tertiary/aromatic N) is 2. The number of hydrogen-bond acceptors (Lipinski definition) is 10. The van der Waals surface area contributed by atoms with Crippen LogP contribution in [0.3, 0.4) is 0 Å². The molecule has 1 saturated heterocycles. The van der Waals surface area contributed by atoms with Crippen LogP contribution in [-0.2, 0) is 29.1 Å². The zero-order valence-electron chi connectivity index (χ0n) is 35.7. The molecular weight excluding hydrogens is 815 g/mol. The molecular formula is C41H67F4N5O9S. The minimum absolute atomic E-state index is 0. The molecule has 4 N–H and O–H groups in total. The van der Waals surface area contributed by atoms with Crippen molar-refractivity contribution in [3.8, 4) is 11.6 Å². The molecule has 1 aliphatic carbocycles. The Labute approximate surface area is 354 Å². The van der Waals surface area contributed by atoms with Crippen LogP contribution in [0.15, 0.2) is 42.6 Å². The topological polar surface area (TPSA) is 196 Å². The number of nitrogens with one attached hydrogen (secondary N) is 2. The van der Waals surface area contributed by atoms with E-state index in [0.29, 0.717) is 57.2 Å². The molecule has 3 heterocycles. The Morgan fingerprint density at radius 1 is 1.08 bits per heavy atom. The van der Waals surface area contributed by atoms with Crippen LogP contribution in [0.25, 0.3) is 10.8 Å². The van der Waals surface area contributed by atoms with Crippen molar-refractivity contribution in [3.63, 3.8) is 0 Å². The number of aromatic nitrogens is 1. The first-order valence-corrected chi connectivity index (χ1v) is 21.6. The Hall–Kier alpha value is -4.68. The van der Waals surface area contributed by atoms with E-state index in [1.807, 2.05) is 51.1 Å². The first-order valence-electron chi connectivity index (χ1n) is 20.1. The summed E-state index contributed by atoms with van der Waals surface area (Å²) in [5, 5.41) is 4.83. The third-order valence-corrected chi connectivity index (χ3v) is 12.0. The maximum Gasteiger partial charge on any atom is 0.427 e. The van der Waals surface area contributed by atoms with Gasteiger partial charge in [-0.25, -0.2) is 22.6 Å². The largest absolute Gasteiger partial charge is 0.494 e. The van der Waals surface area contributed by atoms with Crippen LogP contribution in [-0.4, -0.2) is 97.2 Å². The SMILES string of the molecule is CC.CC(=O)NS(=O)(=O)C1(CF)CC1.CC(C)(OC(N)=O)C(F)(F)F.CCOc1ccc2c(O[C@@H]3C[C@H]4C(=O)NC/C=C\CC[C@@H](C)C[C@@H](C)CC(=O)N4C3)nccc2c1.[HH].[HH].[HH]. The number of carbonyl (C=O) groups excluding carboxylic acids is 4. The van der Waals surface area contributed by atoms with Crippen molar-refractivity contribution in [1.82, 2.24) is 19.9 Å². The molecule has 2 fully saturated rings. The van der Waals surface area contributed by atoms with Crippen LogP contribution >= 0.6 is 0 Å². The number of benzene rings is 1. The molecule has 1 aromatic carbocycles. The first kappa shape index (κ1) is 51.5. The predicted octanol–water partition coefficient (Wildman–Crippen LogP) is 7.64. The maximum absolute atomic E-state index is 13.3. The van der Waals surface area contributed by atoms with Gasteiger partial charge in [0.15, 0.2) is 0 Å². The zero-order valence-corrected chi connectivity index (χ0v) is 36.5. The lowest BCUT2D eigenvalue weighted by Crippen LogP contribution is -2.46. The van der Waals surface area contributed by atoms with Gasteiger partial charge in [0, 0.05) is 42.2 Å². The summed E-state index contributed by atoms with van der Waals surface area (Å²) in [4.78, 5) is 52.9. The van der Waals surface area contributed by atoms with Crippen LogP contribution in [0.5, 0.6) is 11.6 Å². The highest BCUT2D eigenvalue weighted by Gasteiger charge is 2.55. The minimum Gasteiger partial charge on any atom is -0.494 e. The summed E-state index contributed by atoms with van der Waals surface area (Å²) in [6.07, 6.45) is 4.10. The van der Waals surface area contributed by atoms with Crippen molar-refractivity contribution >= 4 is 44.6 Å². The normalized spacial score (nSPS) is 22.3. The van der Waals surface area contributed by atoms with Crippen LogP contribution in [0, 0.1) is 11.8 Å². The Kier molecular flexibility index (Phi) is 19.5. The monoisotopic (exact) mass is 881 g/mol. The van der Waals surface area contributed by atoms with Crippen molar-refractivity contribution in [1.29, 1.82) is 0 Å². The summed E-state index contributed by atoms with van der Waals surface area (Å²) in [6, 6.07) is 7.21. The lowest BCUT2D eigenvalue weighted by molar-refractivity contribution is -0.243. The van der Waals surface area contributed by atoms with E-state index in [-0.39, 0.29) is 28.1 Å². The standard InChI is InChI=1S/C28H37N3O4.C6H10FNO3S.C5H8F3NO2.C2H6.3H2/c1-4-34-22-9-10-24-21(16-22)11-13-30-28(24)35-23-17-25-27(33)29-12-7-5-6-8-19(2)14-20(3)15-26(32)31(25)18-23;1-5(9)8-12(10,11)6(4-7)2-3-6;1-4(2,5(6,7)8)11-3(9)10;1-2;;;/h5,7,9-11,13,16,19-20,23,25H,4,6,8,12,14-15,17-18H2,1-3H3,(H,29,33);2-4H2,1H3,(H,8,9);1-2H3,(H2,9,10);1-2H3;3*1H/b7-5-;;;;;;/t19-,20-,23-,25+;;;;;;/m1....../s1. The maximum atomic E-state index is 13.3. The van der Waals surface area contributed by atoms with Crippen LogP contribution in [0.1, 0.15) is 105 Å². The number of carbonyl (C=O) groups is 4. The highest BCUT2D eigenvalue weighted by molar-refractivity contribution is 7.91. The van der Waals surface area contributed by atoms with Gasteiger partial charge in [0.05, 0.1) is 13.2 Å². The van der Waals surface area contributed by atoms with Gasteiger partial charge in [0.1, 0.15) is 29.3 Å². The van der Waals surface area contributed by atoms with Gasteiger partial charge in [-0.3, -0.25) is 19.1 Å². The van der Waals surface area contributed by atoms with Crippen molar-refractivity contribution in [2.24, 2.45) is 17.6 Å². The van der Waals surface area contributed by atoms with E-state index in [1.165, 1.54) is 0 Å². The number of halogens is 4. The fourth-order valence-corrected chi connectivity index (χ4v) is 7.80. The number of fused-ring (bicyclic) bond motifs is 2. The van der Waals surface area contributed by atoms with Gasteiger partial charge in [-0.05, 0) is 94.4 Å². The predicted molar refractivity (Wildman–Crippen MR) is 226 cm³/mol. The summed E-state index contributed by atoms with van der Waals surface area (Å²) >= 11 is 0. The van der Waals surface area contributed by atoms with Crippen LogP contribution < -0.4 is 25.2 Å².